The fraction of sp³-hybridized carbons (Fsp3) is 0.429. The van der Waals surface area contributed by atoms with Gasteiger partial charge in [0.1, 0.15) is 11.9 Å². The first-order chi connectivity index (χ1) is 8.88. The average molecular weight is 267 g/mol. The third kappa shape index (κ3) is 5.50. The van der Waals surface area contributed by atoms with Crippen molar-refractivity contribution in [2.24, 2.45) is 5.92 Å². The topological polar surface area (TPSA) is 66.4 Å². The maximum Gasteiger partial charge on any atom is 0.326 e. The largest absolute Gasteiger partial charge is 0.480 e. The van der Waals surface area contributed by atoms with Crippen LogP contribution in [0.4, 0.5) is 4.39 Å². The Bertz CT molecular complexity index is 443. The Labute approximate surface area is 111 Å². The van der Waals surface area contributed by atoms with Crippen molar-refractivity contribution in [2.75, 3.05) is 0 Å². The van der Waals surface area contributed by atoms with Crippen LogP contribution in [0.2, 0.25) is 0 Å². The van der Waals surface area contributed by atoms with E-state index >= 15 is 0 Å². The summed E-state index contributed by atoms with van der Waals surface area (Å²) in [6, 6.07) is 4.67. The van der Waals surface area contributed by atoms with Gasteiger partial charge in [-0.15, -0.1) is 0 Å². The summed E-state index contributed by atoms with van der Waals surface area (Å²) < 4.78 is 12.7. The number of halogens is 1. The fourth-order valence-corrected chi connectivity index (χ4v) is 1.73. The molecule has 2 N–H and O–H groups in total. The molecule has 0 heterocycles. The van der Waals surface area contributed by atoms with Crippen LogP contribution in [0.5, 0.6) is 0 Å². The Kier molecular flexibility index (Phi) is 5.48. The van der Waals surface area contributed by atoms with Crippen molar-refractivity contribution >= 4 is 11.9 Å². The van der Waals surface area contributed by atoms with Gasteiger partial charge >= 0.3 is 5.97 Å². The number of amides is 1. The maximum atomic E-state index is 12.7. The van der Waals surface area contributed by atoms with Gasteiger partial charge in [-0.25, -0.2) is 9.18 Å². The molecule has 0 aliphatic heterocycles. The third-order valence-corrected chi connectivity index (χ3v) is 2.62. The second-order valence-electron chi connectivity index (χ2n) is 4.89. The number of benzene rings is 1. The molecule has 1 aromatic carbocycles. The molecule has 0 aromatic heterocycles. The molecule has 4 nitrogen and oxygen atoms in total. The van der Waals surface area contributed by atoms with Gasteiger partial charge in [0.15, 0.2) is 0 Å². The van der Waals surface area contributed by atoms with Crippen molar-refractivity contribution in [3.8, 4) is 0 Å². The van der Waals surface area contributed by atoms with E-state index in [0.29, 0.717) is 12.0 Å². The molecule has 0 saturated heterocycles. The monoisotopic (exact) mass is 267 g/mol. The molecular formula is C14H18FNO3. The normalized spacial score (nSPS) is 12.2. The zero-order chi connectivity index (χ0) is 14.4. The van der Waals surface area contributed by atoms with E-state index in [9.17, 15) is 14.0 Å². The minimum atomic E-state index is -1.04. The number of carboxylic acid groups (broad SMARTS) is 1. The van der Waals surface area contributed by atoms with Crippen molar-refractivity contribution in [1.29, 1.82) is 0 Å². The number of carboxylic acids is 1. The van der Waals surface area contributed by atoms with Crippen LogP contribution in [0.1, 0.15) is 25.8 Å². The van der Waals surface area contributed by atoms with Gasteiger partial charge in [0.2, 0.25) is 5.91 Å². The summed E-state index contributed by atoms with van der Waals surface area (Å²) in [6.07, 6.45) is 0.423. The molecule has 0 radical (unpaired) electrons. The zero-order valence-electron chi connectivity index (χ0n) is 11.0. The molecule has 5 heteroatoms. The lowest BCUT2D eigenvalue weighted by Crippen LogP contribution is -2.42. The van der Waals surface area contributed by atoms with Crippen LogP contribution in [-0.2, 0) is 16.0 Å². The molecule has 1 unspecified atom stereocenters. The Hall–Kier alpha value is -1.91. The van der Waals surface area contributed by atoms with E-state index in [2.05, 4.69) is 5.32 Å². The molecule has 1 atom stereocenters. The highest BCUT2D eigenvalue weighted by Crippen LogP contribution is 2.07. The summed E-state index contributed by atoms with van der Waals surface area (Å²) in [5, 5.41) is 11.5. The lowest BCUT2D eigenvalue weighted by atomic mass is 10.0. The van der Waals surface area contributed by atoms with E-state index < -0.39 is 12.0 Å². The molecule has 0 aliphatic carbocycles. The molecule has 0 spiro atoms. The number of nitrogens with one attached hydrogen (secondary N) is 1. The molecule has 1 aromatic rings. The number of hydrogen-bond donors (Lipinski definition) is 2. The molecule has 1 rings (SSSR count). The summed E-state index contributed by atoms with van der Waals surface area (Å²) in [4.78, 5) is 22.7. The van der Waals surface area contributed by atoms with Crippen LogP contribution in [0, 0.1) is 11.7 Å². The standard InChI is InChI=1S/C14H18FNO3/c1-9(2)7-12(14(18)19)16-13(17)8-10-3-5-11(15)6-4-10/h3-6,9,12H,7-8H2,1-2H3,(H,16,17)(H,18,19). The Morgan fingerprint density at radius 2 is 1.84 bits per heavy atom. The van der Waals surface area contributed by atoms with Crippen LogP contribution in [0.15, 0.2) is 24.3 Å². The van der Waals surface area contributed by atoms with Crippen molar-refractivity contribution in [1.82, 2.24) is 5.32 Å². The number of rotatable bonds is 6. The van der Waals surface area contributed by atoms with E-state index in [1.807, 2.05) is 13.8 Å². The minimum Gasteiger partial charge on any atom is -0.480 e. The Morgan fingerprint density at radius 1 is 1.26 bits per heavy atom. The van der Waals surface area contributed by atoms with Crippen molar-refractivity contribution < 1.29 is 19.1 Å². The molecule has 0 aliphatic rings. The lowest BCUT2D eigenvalue weighted by molar-refractivity contribution is -0.142. The first-order valence-electron chi connectivity index (χ1n) is 6.15. The predicted molar refractivity (Wildman–Crippen MR) is 69.1 cm³/mol. The van der Waals surface area contributed by atoms with Gasteiger partial charge in [-0.2, -0.15) is 0 Å². The first kappa shape index (κ1) is 15.1. The lowest BCUT2D eigenvalue weighted by Gasteiger charge is -2.16. The number of carbonyl (C=O) groups excluding carboxylic acids is 1. The van der Waals surface area contributed by atoms with Gasteiger partial charge in [0.05, 0.1) is 6.42 Å². The summed E-state index contributed by atoms with van der Waals surface area (Å²) in [7, 11) is 0. The van der Waals surface area contributed by atoms with Gasteiger partial charge < -0.3 is 10.4 Å². The van der Waals surface area contributed by atoms with Crippen LogP contribution in [-0.4, -0.2) is 23.0 Å². The minimum absolute atomic E-state index is 0.0438. The molecule has 19 heavy (non-hydrogen) atoms. The van der Waals surface area contributed by atoms with E-state index in [1.54, 1.807) is 0 Å². The summed E-state index contributed by atoms with van der Waals surface area (Å²) >= 11 is 0. The SMILES string of the molecule is CC(C)CC(NC(=O)Cc1ccc(F)cc1)C(=O)O. The van der Waals surface area contributed by atoms with Gasteiger partial charge in [0.25, 0.3) is 0 Å². The van der Waals surface area contributed by atoms with Gasteiger partial charge in [0, 0.05) is 0 Å². The van der Waals surface area contributed by atoms with E-state index in [-0.39, 0.29) is 24.1 Å². The third-order valence-electron chi connectivity index (χ3n) is 2.62. The quantitative estimate of drug-likeness (QED) is 0.828. The van der Waals surface area contributed by atoms with Crippen LogP contribution < -0.4 is 5.32 Å². The van der Waals surface area contributed by atoms with Crippen molar-refractivity contribution in [2.45, 2.75) is 32.7 Å². The van der Waals surface area contributed by atoms with Crippen LogP contribution in [0.25, 0.3) is 0 Å². The maximum absolute atomic E-state index is 12.7. The predicted octanol–water partition coefficient (Wildman–Crippen LogP) is 1.98. The second kappa shape index (κ2) is 6.87. The zero-order valence-corrected chi connectivity index (χ0v) is 11.0. The molecule has 1 amide bonds. The van der Waals surface area contributed by atoms with Gasteiger partial charge in [-0.3, -0.25) is 4.79 Å². The molecular weight excluding hydrogens is 249 g/mol. The highest BCUT2D eigenvalue weighted by atomic mass is 19.1. The Morgan fingerprint density at radius 3 is 2.32 bits per heavy atom. The molecule has 0 bridgehead atoms. The molecule has 104 valence electrons. The second-order valence-corrected chi connectivity index (χ2v) is 4.89. The van der Waals surface area contributed by atoms with E-state index in [0.717, 1.165) is 0 Å². The average Bonchev–Trinajstić information content (AvgIpc) is 2.30. The highest BCUT2D eigenvalue weighted by Gasteiger charge is 2.20. The molecule has 0 saturated carbocycles. The van der Waals surface area contributed by atoms with Crippen LogP contribution >= 0.6 is 0 Å². The molecule has 0 fully saturated rings. The summed E-state index contributed by atoms with van der Waals surface area (Å²) in [6.45, 7) is 3.78. The Balaban J connectivity index is 2.57. The summed E-state index contributed by atoms with van der Waals surface area (Å²) in [5.74, 6) is -1.61. The van der Waals surface area contributed by atoms with Crippen molar-refractivity contribution in [3.05, 3.63) is 35.6 Å². The highest BCUT2D eigenvalue weighted by molar-refractivity contribution is 5.84. The fourth-order valence-electron chi connectivity index (χ4n) is 1.73. The van der Waals surface area contributed by atoms with Gasteiger partial charge in [-0.1, -0.05) is 26.0 Å². The smallest absolute Gasteiger partial charge is 0.326 e. The number of hydrogen-bond acceptors (Lipinski definition) is 2. The van der Waals surface area contributed by atoms with Crippen LogP contribution in [0.3, 0.4) is 0 Å². The first-order valence-corrected chi connectivity index (χ1v) is 6.15. The summed E-state index contributed by atoms with van der Waals surface area (Å²) in [5.41, 5.74) is 0.646. The number of aliphatic carboxylic acids is 1. The number of carbonyl (C=O) groups is 2. The van der Waals surface area contributed by atoms with Gasteiger partial charge in [-0.05, 0) is 30.0 Å². The van der Waals surface area contributed by atoms with Crippen molar-refractivity contribution in [3.63, 3.8) is 0 Å². The van der Waals surface area contributed by atoms with E-state index in [4.69, 9.17) is 5.11 Å². The van der Waals surface area contributed by atoms with E-state index in [1.165, 1.54) is 24.3 Å².